The molecule has 0 aliphatic heterocycles. The van der Waals surface area contributed by atoms with Crippen molar-refractivity contribution in [1.82, 2.24) is 20.1 Å². The lowest BCUT2D eigenvalue weighted by atomic mass is 10.2. The van der Waals surface area contributed by atoms with Gasteiger partial charge in [-0.05, 0) is 49.2 Å². The lowest BCUT2D eigenvalue weighted by Crippen LogP contribution is -2.35. The van der Waals surface area contributed by atoms with Crippen LogP contribution in [-0.2, 0) is 26.2 Å². The summed E-state index contributed by atoms with van der Waals surface area (Å²) >= 11 is 0. The summed E-state index contributed by atoms with van der Waals surface area (Å²) in [6, 6.07) is 11.6. The van der Waals surface area contributed by atoms with Gasteiger partial charge in [-0.2, -0.15) is 5.10 Å². The maximum Gasteiger partial charge on any atom is 0.262 e. The third kappa shape index (κ3) is 6.12. The molecule has 3 aromatic rings. The Morgan fingerprint density at radius 2 is 1.84 bits per heavy atom. The molecule has 0 bridgehead atoms. The van der Waals surface area contributed by atoms with Gasteiger partial charge in [0.1, 0.15) is 19.2 Å². The lowest BCUT2D eigenvalue weighted by molar-refractivity contribution is -0.124. The van der Waals surface area contributed by atoms with Gasteiger partial charge in [-0.1, -0.05) is 18.2 Å². The number of nitrogens with one attached hydrogen (secondary N) is 3. The van der Waals surface area contributed by atoms with Gasteiger partial charge in [-0.15, -0.1) is 0 Å². The second-order valence-electron chi connectivity index (χ2n) is 6.87. The fourth-order valence-electron chi connectivity index (χ4n) is 2.79. The van der Waals surface area contributed by atoms with Gasteiger partial charge in [0.2, 0.25) is 11.8 Å². The molecule has 0 unspecified atom stereocenters. The average molecular weight is 443 g/mol. The van der Waals surface area contributed by atoms with Crippen LogP contribution in [-0.4, -0.2) is 41.5 Å². The van der Waals surface area contributed by atoms with E-state index in [-0.39, 0.29) is 18.0 Å². The number of nitrogens with zero attached hydrogens (tertiary/aromatic N) is 3. The number of sulfonamides is 1. The number of hydrogen-bond donors (Lipinski definition) is 3. The molecule has 31 heavy (non-hydrogen) atoms. The largest absolute Gasteiger partial charge is 0.345 e. The van der Waals surface area contributed by atoms with Crippen LogP contribution in [0.15, 0.2) is 60.0 Å². The molecule has 0 saturated carbocycles. The van der Waals surface area contributed by atoms with Crippen LogP contribution >= 0.6 is 0 Å². The zero-order valence-corrected chi connectivity index (χ0v) is 17.8. The fourth-order valence-corrected chi connectivity index (χ4v) is 4.11. The molecule has 1 heterocycles. The number of hydrogen-bond acceptors (Lipinski definition) is 6. The van der Waals surface area contributed by atoms with E-state index in [1.165, 1.54) is 23.4 Å². The van der Waals surface area contributed by atoms with E-state index in [4.69, 9.17) is 0 Å². The zero-order valence-electron chi connectivity index (χ0n) is 17.0. The molecule has 2 aromatic carbocycles. The maximum atomic E-state index is 12.8. The van der Waals surface area contributed by atoms with Gasteiger partial charge in [0, 0.05) is 11.4 Å². The summed E-state index contributed by atoms with van der Waals surface area (Å²) in [5.74, 6) is -0.902. The molecular weight excluding hydrogens is 420 g/mol. The van der Waals surface area contributed by atoms with Crippen LogP contribution in [0, 0.1) is 13.8 Å². The van der Waals surface area contributed by atoms with Crippen molar-refractivity contribution in [2.24, 2.45) is 0 Å². The van der Waals surface area contributed by atoms with Crippen LogP contribution in [0.4, 0.5) is 11.4 Å². The molecule has 0 fully saturated rings. The SMILES string of the molecule is Cc1cccc(NS(=O)(=O)c2cc(NC(=O)CNC(=O)Cn3cncn3)ccc2C)c1. The molecular formula is C20H22N6O4S. The van der Waals surface area contributed by atoms with Gasteiger partial charge in [-0.3, -0.25) is 14.3 Å². The first kappa shape index (κ1) is 22.0. The average Bonchev–Trinajstić information content (AvgIpc) is 3.20. The Morgan fingerprint density at radius 3 is 2.55 bits per heavy atom. The van der Waals surface area contributed by atoms with Crippen molar-refractivity contribution in [3.05, 3.63) is 66.2 Å². The molecule has 3 rings (SSSR count). The first-order chi connectivity index (χ1) is 14.7. The quantitative estimate of drug-likeness (QED) is 0.483. The highest BCUT2D eigenvalue weighted by Crippen LogP contribution is 2.23. The van der Waals surface area contributed by atoms with Crippen LogP contribution in [0.5, 0.6) is 0 Å². The number of rotatable bonds is 8. The lowest BCUT2D eigenvalue weighted by Gasteiger charge is -2.13. The number of benzene rings is 2. The molecule has 0 spiro atoms. The Kier molecular flexibility index (Phi) is 6.65. The smallest absolute Gasteiger partial charge is 0.262 e. The third-order valence-electron chi connectivity index (χ3n) is 4.25. The van der Waals surface area contributed by atoms with Crippen LogP contribution in [0.2, 0.25) is 0 Å². The summed E-state index contributed by atoms with van der Waals surface area (Å²) in [6.07, 6.45) is 2.69. The predicted octanol–water partition coefficient (Wildman–Crippen LogP) is 1.45. The number of anilines is 2. The van der Waals surface area contributed by atoms with Crippen LogP contribution in [0.1, 0.15) is 11.1 Å². The Morgan fingerprint density at radius 1 is 1.03 bits per heavy atom. The molecule has 162 valence electrons. The Bertz CT molecular complexity index is 1190. The van der Waals surface area contributed by atoms with Crippen molar-refractivity contribution in [3.63, 3.8) is 0 Å². The molecule has 1 aromatic heterocycles. The van der Waals surface area contributed by atoms with Gasteiger partial charge in [-0.25, -0.2) is 18.1 Å². The predicted molar refractivity (Wildman–Crippen MR) is 115 cm³/mol. The van der Waals surface area contributed by atoms with Gasteiger partial charge < -0.3 is 10.6 Å². The maximum absolute atomic E-state index is 12.8. The fraction of sp³-hybridized carbons (Fsp3) is 0.200. The van der Waals surface area contributed by atoms with E-state index in [1.807, 2.05) is 13.0 Å². The topological polar surface area (TPSA) is 135 Å². The summed E-state index contributed by atoms with van der Waals surface area (Å²) < 4.78 is 29.6. The number of carbonyl (C=O) groups excluding carboxylic acids is 2. The molecule has 0 saturated heterocycles. The van der Waals surface area contributed by atoms with Crippen molar-refractivity contribution < 1.29 is 18.0 Å². The minimum absolute atomic E-state index is 0.0435. The first-order valence-electron chi connectivity index (χ1n) is 9.32. The van der Waals surface area contributed by atoms with E-state index in [2.05, 4.69) is 25.4 Å². The molecule has 3 N–H and O–H groups in total. The summed E-state index contributed by atoms with van der Waals surface area (Å²) in [5, 5.41) is 8.86. The van der Waals surface area contributed by atoms with Crippen molar-refractivity contribution >= 4 is 33.2 Å². The summed E-state index contributed by atoms with van der Waals surface area (Å²) in [6.45, 7) is 3.20. The monoisotopic (exact) mass is 442 g/mol. The summed E-state index contributed by atoms with van der Waals surface area (Å²) in [4.78, 5) is 27.8. The second kappa shape index (κ2) is 9.39. The molecule has 0 aliphatic rings. The molecule has 0 radical (unpaired) electrons. The van der Waals surface area contributed by atoms with Gasteiger partial charge in [0.15, 0.2) is 0 Å². The van der Waals surface area contributed by atoms with Crippen molar-refractivity contribution in [3.8, 4) is 0 Å². The summed E-state index contributed by atoms with van der Waals surface area (Å²) in [5.41, 5.74) is 2.19. The first-order valence-corrected chi connectivity index (χ1v) is 10.8. The molecule has 10 nitrogen and oxygen atoms in total. The summed E-state index contributed by atoms with van der Waals surface area (Å²) in [7, 11) is -3.86. The number of aromatic nitrogens is 3. The number of aryl methyl sites for hydroxylation is 2. The van der Waals surface area contributed by atoms with Crippen LogP contribution < -0.4 is 15.4 Å². The zero-order chi connectivity index (χ0) is 22.4. The minimum Gasteiger partial charge on any atom is -0.345 e. The van der Waals surface area contributed by atoms with Crippen molar-refractivity contribution in [2.75, 3.05) is 16.6 Å². The Hall–Kier alpha value is -3.73. The molecule has 2 amide bonds. The van der Waals surface area contributed by atoms with E-state index >= 15 is 0 Å². The Labute approximate surface area is 179 Å². The molecule has 0 atom stereocenters. The second-order valence-corrected chi connectivity index (χ2v) is 8.52. The van der Waals surface area contributed by atoms with Gasteiger partial charge in [0.05, 0.1) is 11.4 Å². The van der Waals surface area contributed by atoms with Gasteiger partial charge in [0.25, 0.3) is 10.0 Å². The minimum atomic E-state index is -3.86. The van der Waals surface area contributed by atoms with Crippen molar-refractivity contribution in [1.29, 1.82) is 0 Å². The highest BCUT2D eigenvalue weighted by Gasteiger charge is 2.18. The normalized spacial score (nSPS) is 11.0. The number of carbonyl (C=O) groups is 2. The third-order valence-corrected chi connectivity index (χ3v) is 5.77. The molecule has 11 heteroatoms. The van der Waals surface area contributed by atoms with Crippen molar-refractivity contribution in [2.45, 2.75) is 25.3 Å². The van der Waals surface area contributed by atoms with E-state index < -0.39 is 21.8 Å². The van der Waals surface area contributed by atoms with E-state index in [9.17, 15) is 18.0 Å². The molecule has 0 aliphatic carbocycles. The van der Waals surface area contributed by atoms with E-state index in [1.54, 1.807) is 37.3 Å². The number of amides is 2. The van der Waals surface area contributed by atoms with Gasteiger partial charge >= 0.3 is 0 Å². The van der Waals surface area contributed by atoms with E-state index in [0.29, 0.717) is 16.9 Å². The standard InChI is InChI=1S/C20H22N6O4S/c1-14-4-3-5-17(8-14)25-31(29,30)18-9-16(7-6-15(18)2)24-19(27)10-22-20(28)11-26-13-21-12-23-26/h3-9,12-13,25H,10-11H2,1-2H3,(H,22,28)(H,24,27). The highest BCUT2D eigenvalue weighted by molar-refractivity contribution is 7.92. The van der Waals surface area contributed by atoms with Crippen LogP contribution in [0.3, 0.4) is 0 Å². The highest BCUT2D eigenvalue weighted by atomic mass is 32.2. The Balaban J connectivity index is 1.64. The van der Waals surface area contributed by atoms with Crippen LogP contribution in [0.25, 0.3) is 0 Å². The van der Waals surface area contributed by atoms with E-state index in [0.717, 1.165) is 5.56 Å².